The number of amides is 2. The molecule has 0 aliphatic carbocycles. The zero-order chi connectivity index (χ0) is 26.2. The van der Waals surface area contributed by atoms with Gasteiger partial charge in [0.05, 0.1) is 11.9 Å². The number of sulfonamides is 1. The summed E-state index contributed by atoms with van der Waals surface area (Å²) in [5.41, 5.74) is 1.95. The summed E-state index contributed by atoms with van der Waals surface area (Å²) in [5.74, 6) is -0.510. The van der Waals surface area contributed by atoms with Gasteiger partial charge in [0.1, 0.15) is 12.6 Å². The third-order valence-electron chi connectivity index (χ3n) is 5.69. The molecule has 0 radical (unpaired) electrons. The van der Waals surface area contributed by atoms with E-state index in [0.29, 0.717) is 35.7 Å². The Kier molecular flexibility index (Phi) is 10.6. The molecule has 2 amide bonds. The Morgan fingerprint density at radius 1 is 1.00 bits per heavy atom. The molecular weight excluding hydrogens is 486 g/mol. The van der Waals surface area contributed by atoms with Gasteiger partial charge in [-0.25, -0.2) is 8.42 Å². The molecule has 0 unspecified atom stereocenters. The van der Waals surface area contributed by atoms with Crippen molar-refractivity contribution < 1.29 is 18.0 Å². The van der Waals surface area contributed by atoms with Gasteiger partial charge in [-0.15, -0.1) is 0 Å². The number of hydrogen-bond acceptors (Lipinski definition) is 4. The predicted molar refractivity (Wildman–Crippen MR) is 142 cm³/mol. The number of para-hydroxylation sites is 1. The first-order valence-corrected chi connectivity index (χ1v) is 14.1. The standard InChI is InChI=1S/C26H36ClN3O4S/c1-6-20-12-9-11-15-24(20)30(35(5,33)34)18-25(31)29(17-21-13-8-10-14-22(21)27)23(7-2)26(32)28-16-19(3)4/h8-15,19,23H,6-7,16-18H2,1-5H3,(H,28,32)/t23-/m0/s1. The molecule has 7 nitrogen and oxygen atoms in total. The summed E-state index contributed by atoms with van der Waals surface area (Å²) in [5, 5.41) is 3.38. The maximum absolute atomic E-state index is 13.7. The van der Waals surface area contributed by atoms with Crippen molar-refractivity contribution in [3.63, 3.8) is 0 Å². The van der Waals surface area contributed by atoms with E-state index < -0.39 is 28.5 Å². The summed E-state index contributed by atoms with van der Waals surface area (Å²) in [6.07, 6.45) is 2.05. The van der Waals surface area contributed by atoms with Gasteiger partial charge < -0.3 is 10.2 Å². The van der Waals surface area contributed by atoms with Gasteiger partial charge in [-0.1, -0.05) is 75.7 Å². The van der Waals surface area contributed by atoms with Crippen molar-refractivity contribution in [2.24, 2.45) is 5.92 Å². The van der Waals surface area contributed by atoms with E-state index >= 15 is 0 Å². The number of hydrogen-bond donors (Lipinski definition) is 1. The second-order valence-corrected chi connectivity index (χ2v) is 11.2. The highest BCUT2D eigenvalue weighted by Gasteiger charge is 2.32. The molecule has 0 spiro atoms. The Morgan fingerprint density at radius 2 is 1.60 bits per heavy atom. The number of benzene rings is 2. The molecule has 0 saturated carbocycles. The van der Waals surface area contributed by atoms with Crippen molar-refractivity contribution in [1.82, 2.24) is 10.2 Å². The van der Waals surface area contributed by atoms with Crippen molar-refractivity contribution >= 4 is 39.1 Å². The monoisotopic (exact) mass is 521 g/mol. The highest BCUT2D eigenvalue weighted by molar-refractivity contribution is 7.92. The van der Waals surface area contributed by atoms with E-state index in [4.69, 9.17) is 11.6 Å². The van der Waals surface area contributed by atoms with Crippen molar-refractivity contribution in [3.05, 3.63) is 64.7 Å². The number of anilines is 1. The lowest BCUT2D eigenvalue weighted by molar-refractivity contribution is -0.140. The molecule has 1 atom stereocenters. The van der Waals surface area contributed by atoms with E-state index in [9.17, 15) is 18.0 Å². The van der Waals surface area contributed by atoms with Gasteiger partial charge in [-0.05, 0) is 42.0 Å². The molecule has 0 heterocycles. The third-order valence-corrected chi connectivity index (χ3v) is 7.18. The molecule has 2 rings (SSSR count). The Bertz CT molecular complexity index is 1120. The van der Waals surface area contributed by atoms with Gasteiger partial charge >= 0.3 is 0 Å². The SMILES string of the molecule is CCc1ccccc1N(CC(=O)N(Cc1ccccc1Cl)[C@@H](CC)C(=O)NCC(C)C)S(C)(=O)=O. The van der Waals surface area contributed by atoms with Crippen LogP contribution in [0.25, 0.3) is 0 Å². The number of aryl methyl sites for hydroxylation is 1. The van der Waals surface area contributed by atoms with Gasteiger partial charge in [0, 0.05) is 18.1 Å². The Morgan fingerprint density at radius 3 is 2.14 bits per heavy atom. The molecule has 0 aromatic heterocycles. The molecule has 9 heteroatoms. The maximum Gasteiger partial charge on any atom is 0.244 e. The van der Waals surface area contributed by atoms with Crippen LogP contribution in [0.4, 0.5) is 5.69 Å². The molecule has 0 saturated heterocycles. The second kappa shape index (κ2) is 12.9. The fraction of sp³-hybridized carbons (Fsp3) is 0.462. The molecule has 192 valence electrons. The zero-order valence-corrected chi connectivity index (χ0v) is 22.7. The Labute approximate surface area is 214 Å². The van der Waals surface area contributed by atoms with Gasteiger partial charge in [-0.2, -0.15) is 0 Å². The summed E-state index contributed by atoms with van der Waals surface area (Å²) < 4.78 is 26.7. The quantitative estimate of drug-likeness (QED) is 0.452. The van der Waals surface area contributed by atoms with Crippen molar-refractivity contribution in [2.75, 3.05) is 23.7 Å². The van der Waals surface area contributed by atoms with E-state index in [1.165, 1.54) is 4.90 Å². The van der Waals surface area contributed by atoms with Crippen LogP contribution in [0.1, 0.15) is 45.2 Å². The van der Waals surface area contributed by atoms with Crippen LogP contribution < -0.4 is 9.62 Å². The number of carbonyl (C=O) groups excluding carboxylic acids is 2. The first-order chi connectivity index (χ1) is 16.5. The smallest absolute Gasteiger partial charge is 0.244 e. The average Bonchev–Trinajstić information content (AvgIpc) is 2.81. The lowest BCUT2D eigenvalue weighted by Crippen LogP contribution is -2.52. The van der Waals surface area contributed by atoms with Crippen LogP contribution >= 0.6 is 11.6 Å². The molecule has 0 bridgehead atoms. The number of nitrogens with one attached hydrogen (secondary N) is 1. The minimum atomic E-state index is -3.78. The third kappa shape index (κ3) is 7.97. The lowest BCUT2D eigenvalue weighted by atomic mass is 10.1. The summed E-state index contributed by atoms with van der Waals surface area (Å²) in [7, 11) is -3.78. The highest BCUT2D eigenvalue weighted by Crippen LogP contribution is 2.25. The van der Waals surface area contributed by atoms with Crippen molar-refractivity contribution in [2.45, 2.75) is 53.1 Å². The topological polar surface area (TPSA) is 86.8 Å². The van der Waals surface area contributed by atoms with E-state index in [2.05, 4.69) is 5.32 Å². The second-order valence-electron chi connectivity index (χ2n) is 8.93. The van der Waals surface area contributed by atoms with Crippen molar-refractivity contribution in [3.8, 4) is 0 Å². The minimum absolute atomic E-state index is 0.0825. The molecule has 0 aliphatic heterocycles. The molecular formula is C26H36ClN3O4S. The molecule has 0 fully saturated rings. The van der Waals surface area contributed by atoms with Gasteiger partial charge in [0.2, 0.25) is 21.8 Å². The molecule has 35 heavy (non-hydrogen) atoms. The Balaban J connectivity index is 2.47. The lowest BCUT2D eigenvalue weighted by Gasteiger charge is -2.33. The van der Waals surface area contributed by atoms with Crippen LogP contribution in [0, 0.1) is 5.92 Å². The van der Waals surface area contributed by atoms with Gasteiger partial charge in [0.15, 0.2) is 0 Å². The fourth-order valence-corrected chi connectivity index (χ4v) is 4.88. The highest BCUT2D eigenvalue weighted by atomic mass is 35.5. The predicted octanol–water partition coefficient (Wildman–Crippen LogP) is 4.25. The maximum atomic E-state index is 13.7. The van der Waals surface area contributed by atoms with E-state index in [0.717, 1.165) is 16.1 Å². The number of nitrogens with zero attached hydrogens (tertiary/aromatic N) is 2. The summed E-state index contributed by atoms with van der Waals surface area (Å²) >= 11 is 6.37. The van der Waals surface area contributed by atoms with Crippen LogP contribution in [0.5, 0.6) is 0 Å². The van der Waals surface area contributed by atoms with Crippen LogP contribution in [-0.2, 0) is 32.6 Å². The van der Waals surface area contributed by atoms with Gasteiger partial charge in [0.25, 0.3) is 0 Å². The number of carbonyl (C=O) groups is 2. The van der Waals surface area contributed by atoms with Crippen molar-refractivity contribution in [1.29, 1.82) is 0 Å². The summed E-state index contributed by atoms with van der Waals surface area (Å²) in [6.45, 7) is 7.87. The van der Waals surface area contributed by atoms with E-state index in [1.54, 1.807) is 30.3 Å². The van der Waals surface area contributed by atoms with Crippen LogP contribution in [0.2, 0.25) is 5.02 Å². The largest absolute Gasteiger partial charge is 0.354 e. The Hall–Kier alpha value is -2.58. The van der Waals surface area contributed by atoms with Crippen LogP contribution in [-0.4, -0.2) is 50.5 Å². The molecule has 2 aromatic carbocycles. The van der Waals surface area contributed by atoms with E-state index in [1.807, 2.05) is 45.9 Å². The molecule has 2 aromatic rings. The number of halogens is 1. The first-order valence-electron chi connectivity index (χ1n) is 11.9. The van der Waals surface area contributed by atoms with Crippen LogP contribution in [0.3, 0.4) is 0 Å². The van der Waals surface area contributed by atoms with E-state index in [-0.39, 0.29) is 18.4 Å². The molecule has 1 N–H and O–H groups in total. The summed E-state index contributed by atoms with van der Waals surface area (Å²) in [4.78, 5) is 28.2. The summed E-state index contributed by atoms with van der Waals surface area (Å²) in [6, 6.07) is 13.4. The average molecular weight is 522 g/mol. The first kappa shape index (κ1) is 28.7. The minimum Gasteiger partial charge on any atom is -0.354 e. The van der Waals surface area contributed by atoms with Gasteiger partial charge in [-0.3, -0.25) is 13.9 Å². The fourth-order valence-electron chi connectivity index (χ4n) is 3.80. The zero-order valence-electron chi connectivity index (χ0n) is 21.1. The normalized spacial score (nSPS) is 12.3. The van der Waals surface area contributed by atoms with Crippen LogP contribution in [0.15, 0.2) is 48.5 Å². The number of rotatable bonds is 12. The molecule has 0 aliphatic rings.